The Labute approximate surface area is 107 Å². The lowest BCUT2D eigenvalue weighted by Gasteiger charge is -2.11. The molecule has 4 nitrogen and oxygen atoms in total. The summed E-state index contributed by atoms with van der Waals surface area (Å²) in [6.45, 7) is 4.51. The molecule has 1 aromatic carbocycles. The van der Waals surface area contributed by atoms with Crippen molar-refractivity contribution in [2.24, 2.45) is 5.73 Å². The minimum Gasteiger partial charge on any atom is -0.496 e. The van der Waals surface area contributed by atoms with Crippen LogP contribution in [-0.4, -0.2) is 17.3 Å². The highest BCUT2D eigenvalue weighted by Gasteiger charge is 2.09. The van der Waals surface area contributed by atoms with Crippen molar-refractivity contribution in [3.8, 4) is 17.0 Å². The second-order valence-corrected chi connectivity index (χ2v) is 4.18. The minimum absolute atomic E-state index is 0.411. The van der Waals surface area contributed by atoms with E-state index < -0.39 is 0 Å². The monoisotopic (exact) mass is 243 g/mol. The molecule has 2 rings (SSSR count). The highest BCUT2D eigenvalue weighted by atomic mass is 16.5. The molecule has 0 aliphatic heterocycles. The van der Waals surface area contributed by atoms with Gasteiger partial charge in [0.2, 0.25) is 0 Å². The van der Waals surface area contributed by atoms with E-state index in [2.05, 4.69) is 17.1 Å². The first-order valence-corrected chi connectivity index (χ1v) is 5.84. The van der Waals surface area contributed by atoms with Gasteiger partial charge in [0.15, 0.2) is 0 Å². The molecule has 1 aromatic heterocycles. The van der Waals surface area contributed by atoms with E-state index in [9.17, 15) is 0 Å². The Balaban J connectivity index is 2.47. The highest BCUT2D eigenvalue weighted by molar-refractivity contribution is 5.66. The van der Waals surface area contributed by atoms with Crippen molar-refractivity contribution in [1.29, 1.82) is 0 Å². The van der Waals surface area contributed by atoms with E-state index in [0.717, 1.165) is 33.8 Å². The number of benzene rings is 1. The third-order valence-corrected chi connectivity index (χ3v) is 3.16. The average Bonchev–Trinajstić information content (AvgIpc) is 2.42. The van der Waals surface area contributed by atoms with E-state index in [1.807, 2.05) is 31.2 Å². The number of nitrogens with zero attached hydrogens (tertiary/aromatic N) is 2. The summed E-state index contributed by atoms with van der Waals surface area (Å²) in [6, 6.07) is 7.81. The first-order valence-electron chi connectivity index (χ1n) is 5.84. The number of aromatic nitrogens is 2. The van der Waals surface area contributed by atoms with Crippen molar-refractivity contribution in [3.05, 3.63) is 41.1 Å². The van der Waals surface area contributed by atoms with Crippen molar-refractivity contribution in [2.45, 2.75) is 20.4 Å². The number of ether oxygens (including phenoxy) is 1. The normalized spacial score (nSPS) is 10.4. The highest BCUT2D eigenvalue weighted by Crippen LogP contribution is 2.29. The summed E-state index contributed by atoms with van der Waals surface area (Å²) in [4.78, 5) is 0. The smallest absolute Gasteiger partial charge is 0.122 e. The van der Waals surface area contributed by atoms with Crippen LogP contribution < -0.4 is 10.5 Å². The lowest BCUT2D eigenvalue weighted by Crippen LogP contribution is -2.02. The first kappa shape index (κ1) is 12.5. The molecule has 0 aliphatic carbocycles. The molecule has 94 valence electrons. The number of rotatable bonds is 3. The summed E-state index contributed by atoms with van der Waals surface area (Å²) in [5.74, 6) is 0.891. The standard InChI is InChI=1S/C14H17N3O/c1-9-10(2)14(18-3)7-5-12(9)13-6-4-11(8-15)16-17-13/h4-7H,8,15H2,1-3H3. The van der Waals surface area contributed by atoms with Crippen LogP contribution in [0.2, 0.25) is 0 Å². The molecule has 4 heteroatoms. The molecule has 0 spiro atoms. The van der Waals surface area contributed by atoms with E-state index >= 15 is 0 Å². The van der Waals surface area contributed by atoms with E-state index in [1.165, 1.54) is 0 Å². The molecule has 0 unspecified atom stereocenters. The fourth-order valence-electron chi connectivity index (χ4n) is 1.91. The van der Waals surface area contributed by atoms with Gasteiger partial charge in [0.1, 0.15) is 5.75 Å². The van der Waals surface area contributed by atoms with Crippen LogP contribution in [-0.2, 0) is 6.54 Å². The maximum atomic E-state index is 5.51. The molecule has 0 fully saturated rings. The molecule has 18 heavy (non-hydrogen) atoms. The van der Waals surface area contributed by atoms with Gasteiger partial charge in [0, 0.05) is 12.1 Å². The van der Waals surface area contributed by atoms with Gasteiger partial charge in [0.25, 0.3) is 0 Å². The number of methoxy groups -OCH3 is 1. The number of nitrogens with two attached hydrogens (primary N) is 1. The molecule has 0 atom stereocenters. The molecule has 0 saturated heterocycles. The second kappa shape index (κ2) is 5.14. The predicted octanol–water partition coefficient (Wildman–Crippen LogP) is 2.23. The molecule has 0 bridgehead atoms. The van der Waals surface area contributed by atoms with Gasteiger partial charge in [-0.2, -0.15) is 10.2 Å². The summed E-state index contributed by atoms with van der Waals surface area (Å²) in [7, 11) is 1.68. The number of hydrogen-bond donors (Lipinski definition) is 1. The third kappa shape index (κ3) is 2.19. The molecule has 2 N–H and O–H groups in total. The molecule has 0 radical (unpaired) electrons. The molecular weight excluding hydrogens is 226 g/mol. The molecule has 0 amide bonds. The Bertz CT molecular complexity index is 550. The van der Waals surface area contributed by atoms with Crippen molar-refractivity contribution in [1.82, 2.24) is 10.2 Å². The second-order valence-electron chi connectivity index (χ2n) is 4.18. The van der Waals surface area contributed by atoms with Gasteiger partial charge in [0.05, 0.1) is 18.5 Å². The Morgan fingerprint density at radius 1 is 1.06 bits per heavy atom. The maximum absolute atomic E-state index is 5.51. The van der Waals surface area contributed by atoms with Crippen molar-refractivity contribution in [2.75, 3.05) is 7.11 Å². The largest absolute Gasteiger partial charge is 0.496 e. The Morgan fingerprint density at radius 3 is 2.39 bits per heavy atom. The molecule has 1 heterocycles. The fraction of sp³-hybridized carbons (Fsp3) is 0.286. The Kier molecular flexibility index (Phi) is 3.58. The molecular formula is C14H17N3O. The average molecular weight is 243 g/mol. The van der Waals surface area contributed by atoms with Crippen LogP contribution in [0.4, 0.5) is 0 Å². The summed E-state index contributed by atoms with van der Waals surface area (Å²) in [5, 5.41) is 8.29. The minimum atomic E-state index is 0.411. The predicted molar refractivity (Wildman–Crippen MR) is 71.4 cm³/mol. The van der Waals surface area contributed by atoms with Crippen LogP contribution in [0.3, 0.4) is 0 Å². The summed E-state index contributed by atoms with van der Waals surface area (Å²) < 4.78 is 5.30. The van der Waals surface area contributed by atoms with E-state index in [1.54, 1.807) is 7.11 Å². The lowest BCUT2D eigenvalue weighted by molar-refractivity contribution is 0.411. The lowest BCUT2D eigenvalue weighted by atomic mass is 10.00. The van der Waals surface area contributed by atoms with Gasteiger partial charge in [-0.15, -0.1) is 0 Å². The van der Waals surface area contributed by atoms with E-state index in [0.29, 0.717) is 6.54 Å². The zero-order valence-electron chi connectivity index (χ0n) is 10.9. The van der Waals surface area contributed by atoms with Gasteiger partial charge in [-0.3, -0.25) is 0 Å². The topological polar surface area (TPSA) is 61.0 Å². The Morgan fingerprint density at radius 2 is 1.83 bits per heavy atom. The molecule has 0 aliphatic rings. The van der Waals surface area contributed by atoms with Gasteiger partial charge in [-0.05, 0) is 49.2 Å². The van der Waals surface area contributed by atoms with Crippen LogP contribution in [0, 0.1) is 13.8 Å². The molecule has 2 aromatic rings. The van der Waals surface area contributed by atoms with Crippen LogP contribution >= 0.6 is 0 Å². The summed E-state index contributed by atoms with van der Waals surface area (Å²) in [6.07, 6.45) is 0. The van der Waals surface area contributed by atoms with Crippen LogP contribution in [0.25, 0.3) is 11.3 Å². The van der Waals surface area contributed by atoms with Gasteiger partial charge < -0.3 is 10.5 Å². The first-order chi connectivity index (χ1) is 8.67. The molecule has 0 saturated carbocycles. The summed E-state index contributed by atoms with van der Waals surface area (Å²) in [5.41, 5.74) is 10.5. The summed E-state index contributed by atoms with van der Waals surface area (Å²) >= 11 is 0. The van der Waals surface area contributed by atoms with Crippen molar-refractivity contribution >= 4 is 0 Å². The van der Waals surface area contributed by atoms with Gasteiger partial charge in [-0.25, -0.2) is 0 Å². The maximum Gasteiger partial charge on any atom is 0.122 e. The quantitative estimate of drug-likeness (QED) is 0.898. The van der Waals surface area contributed by atoms with Crippen molar-refractivity contribution < 1.29 is 4.74 Å². The zero-order chi connectivity index (χ0) is 13.1. The van der Waals surface area contributed by atoms with Crippen LogP contribution in [0.5, 0.6) is 5.75 Å². The zero-order valence-corrected chi connectivity index (χ0v) is 10.9. The van der Waals surface area contributed by atoms with Gasteiger partial charge >= 0.3 is 0 Å². The number of hydrogen-bond acceptors (Lipinski definition) is 4. The SMILES string of the molecule is COc1ccc(-c2ccc(CN)nn2)c(C)c1C. The van der Waals surface area contributed by atoms with E-state index in [-0.39, 0.29) is 0 Å². The van der Waals surface area contributed by atoms with Crippen LogP contribution in [0.1, 0.15) is 16.8 Å². The van der Waals surface area contributed by atoms with Crippen molar-refractivity contribution in [3.63, 3.8) is 0 Å². The van der Waals surface area contributed by atoms with Gasteiger partial charge in [-0.1, -0.05) is 0 Å². The van der Waals surface area contributed by atoms with E-state index in [4.69, 9.17) is 10.5 Å². The fourth-order valence-corrected chi connectivity index (χ4v) is 1.91. The Hall–Kier alpha value is -1.94. The third-order valence-electron chi connectivity index (χ3n) is 3.16. The van der Waals surface area contributed by atoms with Crippen LogP contribution in [0.15, 0.2) is 24.3 Å².